The third-order valence-corrected chi connectivity index (χ3v) is 5.39. The minimum atomic E-state index is -3.58. The van der Waals surface area contributed by atoms with Crippen molar-refractivity contribution in [2.75, 3.05) is 17.1 Å². The summed E-state index contributed by atoms with van der Waals surface area (Å²) < 4.78 is 26.1. The molecule has 0 saturated heterocycles. The van der Waals surface area contributed by atoms with Gasteiger partial charge in [-0.25, -0.2) is 8.42 Å². The maximum atomic E-state index is 12.2. The van der Waals surface area contributed by atoms with Crippen LogP contribution in [0, 0.1) is 6.92 Å². The van der Waals surface area contributed by atoms with Crippen LogP contribution in [0.15, 0.2) is 47.2 Å². The molecule has 0 bridgehead atoms. The summed E-state index contributed by atoms with van der Waals surface area (Å²) in [5, 5.41) is 2.72. The molecule has 6 nitrogen and oxygen atoms in total. The highest BCUT2D eigenvalue weighted by Gasteiger charge is 2.21. The zero-order valence-corrected chi connectivity index (χ0v) is 15.8. The van der Waals surface area contributed by atoms with Crippen molar-refractivity contribution in [1.29, 1.82) is 0 Å². The van der Waals surface area contributed by atoms with Crippen molar-refractivity contribution in [1.82, 2.24) is 10.3 Å². The number of rotatable bonds is 6. The number of benzene rings is 1. The van der Waals surface area contributed by atoms with Gasteiger partial charge in [0, 0.05) is 23.4 Å². The van der Waals surface area contributed by atoms with Crippen molar-refractivity contribution in [3.8, 4) is 0 Å². The third kappa shape index (κ3) is 5.04. The largest absolute Gasteiger partial charge is 0.350 e. The highest BCUT2D eigenvalue weighted by atomic mass is 79.9. The van der Waals surface area contributed by atoms with Crippen LogP contribution in [0.2, 0.25) is 0 Å². The fourth-order valence-electron chi connectivity index (χ4n) is 2.07. The molecule has 1 aromatic carbocycles. The Balaban J connectivity index is 2.11. The number of nitrogens with zero attached hydrogens (tertiary/aromatic N) is 2. The SMILES string of the molecule is Cc1cc(N(CC(=O)NCc2ccncc2)S(C)(=O)=O)ccc1Br. The van der Waals surface area contributed by atoms with Gasteiger partial charge >= 0.3 is 0 Å². The Kier molecular flexibility index (Phi) is 5.95. The molecule has 2 aromatic rings. The highest BCUT2D eigenvalue weighted by Crippen LogP contribution is 2.24. The molecule has 1 aromatic heterocycles. The van der Waals surface area contributed by atoms with E-state index in [4.69, 9.17) is 0 Å². The Labute approximate surface area is 150 Å². The first-order valence-electron chi connectivity index (χ1n) is 7.17. The molecular formula is C16H18BrN3O3S. The lowest BCUT2D eigenvalue weighted by Crippen LogP contribution is -2.40. The van der Waals surface area contributed by atoms with Gasteiger partial charge in [0.1, 0.15) is 6.54 Å². The Hall–Kier alpha value is -1.93. The molecular weight excluding hydrogens is 394 g/mol. The van der Waals surface area contributed by atoms with Crippen molar-refractivity contribution < 1.29 is 13.2 Å². The van der Waals surface area contributed by atoms with Crippen molar-refractivity contribution in [2.24, 2.45) is 0 Å². The molecule has 128 valence electrons. The average molecular weight is 412 g/mol. The van der Waals surface area contributed by atoms with Gasteiger partial charge in [-0.3, -0.25) is 14.1 Å². The zero-order chi connectivity index (χ0) is 17.7. The van der Waals surface area contributed by atoms with Gasteiger partial charge in [-0.1, -0.05) is 15.9 Å². The number of amides is 1. The second-order valence-corrected chi connectivity index (χ2v) is 8.10. The van der Waals surface area contributed by atoms with Crippen molar-refractivity contribution >= 4 is 37.5 Å². The van der Waals surface area contributed by atoms with Crippen LogP contribution in [0.25, 0.3) is 0 Å². The fraction of sp³-hybridized carbons (Fsp3) is 0.250. The van der Waals surface area contributed by atoms with E-state index in [0.717, 1.165) is 26.2 Å². The molecule has 24 heavy (non-hydrogen) atoms. The number of hydrogen-bond donors (Lipinski definition) is 1. The quantitative estimate of drug-likeness (QED) is 0.790. The lowest BCUT2D eigenvalue weighted by molar-refractivity contribution is -0.119. The van der Waals surface area contributed by atoms with Crippen molar-refractivity contribution in [2.45, 2.75) is 13.5 Å². The van der Waals surface area contributed by atoms with Crippen LogP contribution in [0.1, 0.15) is 11.1 Å². The van der Waals surface area contributed by atoms with Crippen LogP contribution in [0.5, 0.6) is 0 Å². The molecule has 1 amide bonds. The summed E-state index contributed by atoms with van der Waals surface area (Å²) in [5.41, 5.74) is 2.24. The molecule has 0 aliphatic heterocycles. The summed E-state index contributed by atoms with van der Waals surface area (Å²) in [7, 11) is -3.58. The number of pyridine rings is 1. The van der Waals surface area contributed by atoms with Gasteiger partial charge in [0.25, 0.3) is 0 Å². The van der Waals surface area contributed by atoms with Crippen LogP contribution >= 0.6 is 15.9 Å². The predicted molar refractivity (Wildman–Crippen MR) is 97.2 cm³/mol. The minimum absolute atomic E-state index is 0.273. The van der Waals surface area contributed by atoms with Crippen LogP contribution in [0.4, 0.5) is 5.69 Å². The van der Waals surface area contributed by atoms with E-state index in [1.807, 2.05) is 6.92 Å². The van der Waals surface area contributed by atoms with E-state index in [2.05, 4.69) is 26.2 Å². The minimum Gasteiger partial charge on any atom is -0.350 e. The maximum absolute atomic E-state index is 12.2. The first-order chi connectivity index (χ1) is 11.3. The molecule has 0 atom stereocenters. The summed E-state index contributed by atoms with van der Waals surface area (Å²) in [6.45, 7) is 1.90. The Bertz CT molecular complexity index is 826. The molecule has 2 rings (SSSR count). The zero-order valence-electron chi connectivity index (χ0n) is 13.4. The van der Waals surface area contributed by atoms with E-state index in [9.17, 15) is 13.2 Å². The summed E-state index contributed by atoms with van der Waals surface area (Å²) >= 11 is 3.38. The molecule has 0 aliphatic carbocycles. The van der Waals surface area contributed by atoms with Crippen LogP contribution in [-0.2, 0) is 21.4 Å². The van der Waals surface area contributed by atoms with Crippen LogP contribution < -0.4 is 9.62 Å². The van der Waals surface area contributed by atoms with Gasteiger partial charge in [-0.05, 0) is 48.4 Å². The number of halogens is 1. The summed E-state index contributed by atoms with van der Waals surface area (Å²) in [4.78, 5) is 16.1. The Morgan fingerprint density at radius 2 is 1.92 bits per heavy atom. The standard InChI is InChI=1S/C16H18BrN3O3S/c1-12-9-14(3-4-15(12)17)20(24(2,22)23)11-16(21)19-10-13-5-7-18-8-6-13/h3-9H,10-11H2,1-2H3,(H,19,21). The first kappa shape index (κ1) is 18.4. The molecule has 0 radical (unpaired) electrons. The molecule has 0 fully saturated rings. The Morgan fingerprint density at radius 3 is 2.50 bits per heavy atom. The van der Waals surface area contributed by atoms with Crippen molar-refractivity contribution in [3.63, 3.8) is 0 Å². The smallest absolute Gasteiger partial charge is 0.241 e. The average Bonchev–Trinajstić information content (AvgIpc) is 2.53. The van der Waals surface area contributed by atoms with E-state index in [1.54, 1.807) is 42.7 Å². The third-order valence-electron chi connectivity index (χ3n) is 3.36. The molecule has 0 saturated carbocycles. The molecule has 0 aliphatic rings. The van der Waals surface area contributed by atoms with E-state index in [1.165, 1.54) is 0 Å². The molecule has 0 unspecified atom stereocenters. The summed E-state index contributed by atoms with van der Waals surface area (Å²) in [5.74, 6) is -0.377. The Morgan fingerprint density at radius 1 is 1.25 bits per heavy atom. The number of sulfonamides is 1. The number of aromatic nitrogens is 1. The second-order valence-electron chi connectivity index (χ2n) is 5.34. The van der Waals surface area contributed by atoms with Gasteiger partial charge in [-0.2, -0.15) is 0 Å². The normalized spacial score (nSPS) is 11.1. The molecule has 1 N–H and O–H groups in total. The van der Waals surface area contributed by atoms with Crippen LogP contribution in [0.3, 0.4) is 0 Å². The highest BCUT2D eigenvalue weighted by molar-refractivity contribution is 9.10. The molecule has 0 spiro atoms. The molecule has 1 heterocycles. The number of aryl methyl sites for hydroxylation is 1. The number of carbonyl (C=O) groups excluding carboxylic acids is 1. The monoisotopic (exact) mass is 411 g/mol. The molecule has 8 heteroatoms. The summed E-state index contributed by atoms with van der Waals surface area (Å²) in [6, 6.07) is 8.71. The second kappa shape index (κ2) is 7.76. The lowest BCUT2D eigenvalue weighted by atomic mass is 10.2. The van der Waals surface area contributed by atoms with Gasteiger partial charge in [0.2, 0.25) is 15.9 Å². The summed E-state index contributed by atoms with van der Waals surface area (Å²) in [6.07, 6.45) is 4.35. The van der Waals surface area contributed by atoms with E-state index >= 15 is 0 Å². The topological polar surface area (TPSA) is 79.4 Å². The fourth-order valence-corrected chi connectivity index (χ4v) is 3.17. The maximum Gasteiger partial charge on any atom is 0.241 e. The lowest BCUT2D eigenvalue weighted by Gasteiger charge is -2.22. The van der Waals surface area contributed by atoms with E-state index in [-0.39, 0.29) is 12.5 Å². The van der Waals surface area contributed by atoms with Gasteiger partial charge in [-0.15, -0.1) is 0 Å². The number of hydrogen-bond acceptors (Lipinski definition) is 4. The number of carbonyl (C=O) groups is 1. The van der Waals surface area contributed by atoms with Gasteiger partial charge < -0.3 is 5.32 Å². The first-order valence-corrected chi connectivity index (χ1v) is 9.81. The number of nitrogens with one attached hydrogen (secondary N) is 1. The predicted octanol–water partition coefficient (Wildman–Crippen LogP) is 2.23. The van der Waals surface area contributed by atoms with Gasteiger partial charge in [0.05, 0.1) is 11.9 Å². The van der Waals surface area contributed by atoms with Crippen LogP contribution in [-0.4, -0.2) is 32.1 Å². The van der Waals surface area contributed by atoms with Gasteiger partial charge in [0.15, 0.2) is 0 Å². The van der Waals surface area contributed by atoms with E-state index in [0.29, 0.717) is 12.2 Å². The van der Waals surface area contributed by atoms with Crippen molar-refractivity contribution in [3.05, 3.63) is 58.3 Å². The van der Waals surface area contributed by atoms with E-state index < -0.39 is 10.0 Å². The number of anilines is 1.